The molecule has 0 fully saturated rings. The molecular formula is C9H13NO3. The SMILES string of the molecule is COCc1cc(C)c(=O)[nH]c1OC. The van der Waals surface area contributed by atoms with E-state index in [1.54, 1.807) is 20.1 Å². The number of ether oxygens (including phenoxy) is 2. The van der Waals surface area contributed by atoms with Crippen LogP contribution >= 0.6 is 0 Å². The minimum Gasteiger partial charge on any atom is -0.482 e. The zero-order chi connectivity index (χ0) is 9.84. The van der Waals surface area contributed by atoms with Gasteiger partial charge in [-0.2, -0.15) is 0 Å². The van der Waals surface area contributed by atoms with Gasteiger partial charge in [0.15, 0.2) is 5.88 Å². The van der Waals surface area contributed by atoms with Gasteiger partial charge in [-0.25, -0.2) is 0 Å². The Hall–Kier alpha value is -1.29. The number of aromatic nitrogens is 1. The number of aromatic amines is 1. The Balaban J connectivity index is 3.16. The van der Waals surface area contributed by atoms with E-state index >= 15 is 0 Å². The van der Waals surface area contributed by atoms with E-state index in [0.29, 0.717) is 18.1 Å². The predicted octanol–water partition coefficient (Wildman–Crippen LogP) is 0.838. The van der Waals surface area contributed by atoms with Crippen molar-refractivity contribution in [3.63, 3.8) is 0 Å². The van der Waals surface area contributed by atoms with Crippen molar-refractivity contribution in [1.29, 1.82) is 0 Å². The molecule has 4 nitrogen and oxygen atoms in total. The summed E-state index contributed by atoms with van der Waals surface area (Å²) in [5.74, 6) is 0.470. The largest absolute Gasteiger partial charge is 0.482 e. The molecule has 0 amide bonds. The highest BCUT2D eigenvalue weighted by atomic mass is 16.5. The average molecular weight is 183 g/mol. The molecule has 1 rings (SSSR count). The normalized spacial score (nSPS) is 10.1. The summed E-state index contributed by atoms with van der Waals surface area (Å²) in [6, 6.07) is 1.77. The molecule has 0 aliphatic heterocycles. The van der Waals surface area contributed by atoms with E-state index in [1.807, 2.05) is 0 Å². The lowest BCUT2D eigenvalue weighted by Gasteiger charge is -2.07. The summed E-state index contributed by atoms with van der Waals surface area (Å²) in [6.45, 7) is 2.18. The van der Waals surface area contributed by atoms with Crippen LogP contribution in [0.5, 0.6) is 5.88 Å². The van der Waals surface area contributed by atoms with Crippen LogP contribution < -0.4 is 10.3 Å². The van der Waals surface area contributed by atoms with Crippen LogP contribution in [0.25, 0.3) is 0 Å². The number of H-pyrrole nitrogens is 1. The lowest BCUT2D eigenvalue weighted by atomic mass is 10.2. The van der Waals surface area contributed by atoms with E-state index in [2.05, 4.69) is 4.98 Å². The number of methoxy groups -OCH3 is 2. The van der Waals surface area contributed by atoms with Gasteiger partial charge in [-0.1, -0.05) is 0 Å². The fourth-order valence-electron chi connectivity index (χ4n) is 1.12. The van der Waals surface area contributed by atoms with Crippen LogP contribution in [0.1, 0.15) is 11.1 Å². The van der Waals surface area contributed by atoms with Crippen molar-refractivity contribution >= 4 is 0 Å². The summed E-state index contributed by atoms with van der Waals surface area (Å²) in [6.07, 6.45) is 0. The Bertz CT molecular complexity index is 343. The smallest absolute Gasteiger partial charge is 0.253 e. The fraction of sp³-hybridized carbons (Fsp3) is 0.444. The monoisotopic (exact) mass is 183 g/mol. The van der Waals surface area contributed by atoms with Gasteiger partial charge in [0.05, 0.1) is 13.7 Å². The van der Waals surface area contributed by atoms with Gasteiger partial charge in [0.1, 0.15) is 0 Å². The van der Waals surface area contributed by atoms with Crippen LogP contribution in [-0.4, -0.2) is 19.2 Å². The van der Waals surface area contributed by atoms with Crippen LogP contribution in [0.4, 0.5) is 0 Å². The summed E-state index contributed by atoms with van der Waals surface area (Å²) < 4.78 is 9.96. The first-order valence-electron chi connectivity index (χ1n) is 3.94. The molecule has 72 valence electrons. The zero-order valence-corrected chi connectivity index (χ0v) is 8.01. The van der Waals surface area contributed by atoms with E-state index in [-0.39, 0.29) is 5.56 Å². The Labute approximate surface area is 76.5 Å². The van der Waals surface area contributed by atoms with Crippen molar-refractivity contribution in [2.75, 3.05) is 14.2 Å². The molecule has 0 bridgehead atoms. The Morgan fingerprint density at radius 3 is 2.69 bits per heavy atom. The Morgan fingerprint density at radius 2 is 2.15 bits per heavy atom. The summed E-state index contributed by atoms with van der Waals surface area (Å²) in [4.78, 5) is 13.8. The van der Waals surface area contributed by atoms with Crippen molar-refractivity contribution < 1.29 is 9.47 Å². The third-order valence-electron chi connectivity index (χ3n) is 1.77. The van der Waals surface area contributed by atoms with Gasteiger partial charge in [-0.05, 0) is 13.0 Å². The van der Waals surface area contributed by atoms with E-state index in [4.69, 9.17) is 9.47 Å². The molecule has 0 saturated heterocycles. The molecule has 0 spiro atoms. The average Bonchev–Trinajstić information content (AvgIpc) is 2.11. The standard InChI is InChI=1S/C9H13NO3/c1-6-4-7(5-12-2)9(13-3)10-8(6)11/h4H,5H2,1-3H3,(H,10,11). The molecule has 0 saturated carbocycles. The topological polar surface area (TPSA) is 51.3 Å². The number of hydrogen-bond acceptors (Lipinski definition) is 3. The molecule has 1 N–H and O–H groups in total. The van der Waals surface area contributed by atoms with E-state index in [9.17, 15) is 4.79 Å². The summed E-state index contributed by atoms with van der Waals surface area (Å²) in [7, 11) is 3.11. The number of rotatable bonds is 3. The second-order valence-corrected chi connectivity index (χ2v) is 2.77. The summed E-state index contributed by atoms with van der Waals surface area (Å²) in [5.41, 5.74) is 1.38. The quantitative estimate of drug-likeness (QED) is 0.755. The number of pyridine rings is 1. The van der Waals surface area contributed by atoms with Crippen molar-refractivity contribution in [2.24, 2.45) is 0 Å². The van der Waals surface area contributed by atoms with Crippen LogP contribution in [0.2, 0.25) is 0 Å². The molecule has 13 heavy (non-hydrogen) atoms. The summed E-state index contributed by atoms with van der Waals surface area (Å²) in [5, 5.41) is 0. The molecule has 1 aromatic heterocycles. The predicted molar refractivity (Wildman–Crippen MR) is 49.1 cm³/mol. The van der Waals surface area contributed by atoms with E-state index < -0.39 is 0 Å². The molecule has 0 radical (unpaired) electrons. The molecule has 4 heteroatoms. The fourth-order valence-corrected chi connectivity index (χ4v) is 1.12. The van der Waals surface area contributed by atoms with Crippen LogP contribution in [0.15, 0.2) is 10.9 Å². The number of hydrogen-bond donors (Lipinski definition) is 1. The van der Waals surface area contributed by atoms with Crippen molar-refractivity contribution in [3.05, 3.63) is 27.5 Å². The number of aryl methyl sites for hydroxylation is 1. The third kappa shape index (κ3) is 2.09. The lowest BCUT2D eigenvalue weighted by Crippen LogP contribution is -2.12. The maximum Gasteiger partial charge on any atom is 0.253 e. The molecule has 0 unspecified atom stereocenters. The van der Waals surface area contributed by atoms with Gasteiger partial charge in [-0.15, -0.1) is 0 Å². The first kappa shape index (κ1) is 9.80. The zero-order valence-electron chi connectivity index (χ0n) is 8.01. The van der Waals surface area contributed by atoms with Crippen molar-refractivity contribution in [3.8, 4) is 5.88 Å². The first-order chi connectivity index (χ1) is 6.19. The molecule has 0 atom stereocenters. The highest BCUT2D eigenvalue weighted by Crippen LogP contribution is 2.13. The minimum absolute atomic E-state index is 0.128. The van der Waals surface area contributed by atoms with Crippen molar-refractivity contribution in [1.82, 2.24) is 4.98 Å². The highest BCUT2D eigenvalue weighted by molar-refractivity contribution is 5.28. The van der Waals surface area contributed by atoms with Gasteiger partial charge in [0.2, 0.25) is 0 Å². The van der Waals surface area contributed by atoms with Gasteiger partial charge in [0.25, 0.3) is 5.56 Å². The third-order valence-corrected chi connectivity index (χ3v) is 1.77. The Kier molecular flexibility index (Phi) is 3.08. The number of nitrogens with one attached hydrogen (secondary N) is 1. The highest BCUT2D eigenvalue weighted by Gasteiger charge is 2.05. The van der Waals surface area contributed by atoms with Gasteiger partial charge in [0, 0.05) is 18.2 Å². The molecule has 0 aromatic carbocycles. The summed E-state index contributed by atoms with van der Waals surface area (Å²) >= 11 is 0. The maximum atomic E-state index is 11.2. The van der Waals surface area contributed by atoms with Gasteiger partial charge in [-0.3, -0.25) is 9.78 Å². The molecule has 1 aromatic rings. The van der Waals surface area contributed by atoms with Crippen LogP contribution in [-0.2, 0) is 11.3 Å². The maximum absolute atomic E-state index is 11.2. The molecular weight excluding hydrogens is 170 g/mol. The van der Waals surface area contributed by atoms with E-state index in [0.717, 1.165) is 5.56 Å². The van der Waals surface area contributed by atoms with Crippen LogP contribution in [0, 0.1) is 6.92 Å². The molecule has 1 heterocycles. The second kappa shape index (κ2) is 4.09. The van der Waals surface area contributed by atoms with Gasteiger partial charge < -0.3 is 9.47 Å². The van der Waals surface area contributed by atoms with Crippen molar-refractivity contribution in [2.45, 2.75) is 13.5 Å². The molecule has 0 aliphatic carbocycles. The minimum atomic E-state index is -0.128. The second-order valence-electron chi connectivity index (χ2n) is 2.77. The van der Waals surface area contributed by atoms with Crippen LogP contribution in [0.3, 0.4) is 0 Å². The van der Waals surface area contributed by atoms with Gasteiger partial charge >= 0.3 is 0 Å². The lowest BCUT2D eigenvalue weighted by molar-refractivity contribution is 0.180. The van der Waals surface area contributed by atoms with E-state index in [1.165, 1.54) is 7.11 Å². The Morgan fingerprint density at radius 1 is 1.46 bits per heavy atom. The molecule has 0 aliphatic rings. The first-order valence-corrected chi connectivity index (χ1v) is 3.94.